The molecule has 1 aromatic rings. The Morgan fingerprint density at radius 1 is 1.25 bits per heavy atom. The maximum atomic E-state index is 3.78. The largest absolute Gasteiger partial charge is 0.382 e. The molecule has 0 spiro atoms. The second-order valence-corrected chi connectivity index (χ2v) is 4.37. The van der Waals surface area contributed by atoms with Crippen LogP contribution >= 0.6 is 0 Å². The number of hydrogen-bond donors (Lipinski definition) is 1. The Labute approximate surface area is 98.0 Å². The van der Waals surface area contributed by atoms with Crippen molar-refractivity contribution in [3.8, 4) is 0 Å². The maximum absolute atomic E-state index is 3.78. The van der Waals surface area contributed by atoms with Crippen molar-refractivity contribution in [1.82, 2.24) is 4.90 Å². The van der Waals surface area contributed by atoms with Crippen LogP contribution in [0.4, 0.5) is 5.69 Å². The minimum Gasteiger partial charge on any atom is -0.382 e. The van der Waals surface area contributed by atoms with E-state index in [2.05, 4.69) is 47.1 Å². The van der Waals surface area contributed by atoms with Gasteiger partial charge in [-0.2, -0.15) is 0 Å². The molecule has 1 aliphatic rings. The average Bonchev–Trinajstić information content (AvgIpc) is 2.33. The van der Waals surface area contributed by atoms with Gasteiger partial charge in [-0.15, -0.1) is 6.58 Å². The topological polar surface area (TPSA) is 15.3 Å². The van der Waals surface area contributed by atoms with Crippen molar-refractivity contribution in [2.24, 2.45) is 0 Å². The molecule has 0 unspecified atom stereocenters. The number of hydrogen-bond acceptors (Lipinski definition) is 2. The molecule has 1 fully saturated rings. The van der Waals surface area contributed by atoms with E-state index in [0.717, 1.165) is 6.54 Å². The van der Waals surface area contributed by atoms with Gasteiger partial charge in [-0.1, -0.05) is 24.3 Å². The molecule has 2 heteroatoms. The van der Waals surface area contributed by atoms with Gasteiger partial charge in [0.15, 0.2) is 0 Å². The molecule has 86 valence electrons. The highest BCUT2D eigenvalue weighted by atomic mass is 15.1. The normalized spacial score (nSPS) is 18.2. The van der Waals surface area contributed by atoms with E-state index < -0.39 is 0 Å². The molecular weight excluding hydrogens is 196 g/mol. The van der Waals surface area contributed by atoms with E-state index in [1.807, 2.05) is 6.08 Å². The molecule has 1 aromatic carbocycles. The highest BCUT2D eigenvalue weighted by Gasteiger charge is 2.17. The van der Waals surface area contributed by atoms with Gasteiger partial charge in [0.1, 0.15) is 0 Å². The van der Waals surface area contributed by atoms with Crippen molar-refractivity contribution in [3.05, 3.63) is 43.0 Å². The Bertz CT molecular complexity index is 313. The lowest BCUT2D eigenvalue weighted by Crippen LogP contribution is -2.39. The average molecular weight is 216 g/mol. The molecule has 0 bridgehead atoms. The van der Waals surface area contributed by atoms with Crippen LogP contribution in [0.15, 0.2) is 43.0 Å². The molecule has 1 N–H and O–H groups in total. The van der Waals surface area contributed by atoms with Gasteiger partial charge in [-0.05, 0) is 25.0 Å². The molecule has 1 saturated heterocycles. The van der Waals surface area contributed by atoms with E-state index in [1.54, 1.807) is 0 Å². The highest BCUT2D eigenvalue weighted by molar-refractivity contribution is 5.43. The first-order valence-corrected chi connectivity index (χ1v) is 6.03. The lowest BCUT2D eigenvalue weighted by molar-refractivity contribution is 0.240. The quantitative estimate of drug-likeness (QED) is 0.779. The summed E-state index contributed by atoms with van der Waals surface area (Å²) in [6, 6.07) is 11.1. The highest BCUT2D eigenvalue weighted by Crippen LogP contribution is 2.15. The summed E-state index contributed by atoms with van der Waals surface area (Å²) in [4.78, 5) is 2.45. The van der Waals surface area contributed by atoms with Crippen LogP contribution in [-0.4, -0.2) is 30.6 Å². The maximum Gasteiger partial charge on any atom is 0.0342 e. The van der Waals surface area contributed by atoms with Crippen LogP contribution in [0.25, 0.3) is 0 Å². The van der Waals surface area contributed by atoms with Gasteiger partial charge in [-0.25, -0.2) is 0 Å². The number of benzene rings is 1. The minimum atomic E-state index is 0.628. The number of nitrogens with zero attached hydrogens (tertiary/aromatic N) is 1. The van der Waals surface area contributed by atoms with E-state index in [9.17, 15) is 0 Å². The number of likely N-dealkylation sites (tertiary alicyclic amines) is 1. The van der Waals surface area contributed by atoms with Crippen LogP contribution in [0.1, 0.15) is 12.8 Å². The summed E-state index contributed by atoms with van der Waals surface area (Å²) in [5, 5.41) is 3.59. The summed E-state index contributed by atoms with van der Waals surface area (Å²) in [7, 11) is 0. The summed E-state index contributed by atoms with van der Waals surface area (Å²) < 4.78 is 0. The third-order valence-corrected chi connectivity index (χ3v) is 3.12. The predicted octanol–water partition coefficient (Wildman–Crippen LogP) is 2.75. The van der Waals surface area contributed by atoms with Crippen LogP contribution in [0.5, 0.6) is 0 Å². The zero-order chi connectivity index (χ0) is 11.2. The van der Waals surface area contributed by atoms with Gasteiger partial charge in [-0.3, -0.25) is 4.90 Å². The van der Waals surface area contributed by atoms with E-state index in [-0.39, 0.29) is 0 Å². The van der Waals surface area contributed by atoms with E-state index in [1.165, 1.54) is 31.6 Å². The van der Waals surface area contributed by atoms with Crippen molar-refractivity contribution in [3.63, 3.8) is 0 Å². The molecule has 0 radical (unpaired) electrons. The molecule has 16 heavy (non-hydrogen) atoms. The van der Waals surface area contributed by atoms with Gasteiger partial charge < -0.3 is 5.32 Å². The number of anilines is 1. The van der Waals surface area contributed by atoms with Crippen molar-refractivity contribution in [2.45, 2.75) is 18.9 Å². The van der Waals surface area contributed by atoms with E-state index in [0.29, 0.717) is 6.04 Å². The number of nitrogens with one attached hydrogen (secondary N) is 1. The summed E-state index contributed by atoms with van der Waals surface area (Å²) >= 11 is 0. The van der Waals surface area contributed by atoms with Crippen molar-refractivity contribution in [2.75, 3.05) is 25.0 Å². The van der Waals surface area contributed by atoms with Crippen LogP contribution in [0.3, 0.4) is 0 Å². The molecular formula is C14H20N2. The van der Waals surface area contributed by atoms with Crippen LogP contribution < -0.4 is 5.32 Å². The molecule has 0 amide bonds. The minimum absolute atomic E-state index is 0.628. The second kappa shape index (κ2) is 5.71. The third kappa shape index (κ3) is 3.11. The number of piperidine rings is 1. The monoisotopic (exact) mass is 216 g/mol. The smallest absolute Gasteiger partial charge is 0.0342 e. The second-order valence-electron chi connectivity index (χ2n) is 4.37. The molecule has 1 heterocycles. The molecule has 0 atom stereocenters. The predicted molar refractivity (Wildman–Crippen MR) is 69.7 cm³/mol. The van der Waals surface area contributed by atoms with Gasteiger partial charge in [0.25, 0.3) is 0 Å². The number of rotatable bonds is 4. The van der Waals surface area contributed by atoms with E-state index >= 15 is 0 Å². The molecule has 2 nitrogen and oxygen atoms in total. The lowest BCUT2D eigenvalue weighted by atomic mass is 10.0. The summed E-state index contributed by atoms with van der Waals surface area (Å²) in [6.07, 6.45) is 4.44. The van der Waals surface area contributed by atoms with E-state index in [4.69, 9.17) is 0 Å². The molecule has 2 rings (SSSR count). The molecule has 0 saturated carbocycles. The third-order valence-electron chi connectivity index (χ3n) is 3.12. The van der Waals surface area contributed by atoms with Gasteiger partial charge in [0, 0.05) is 31.4 Å². The Kier molecular flexibility index (Phi) is 4.00. The SMILES string of the molecule is C=CCN1CCC(Nc2ccccc2)CC1. The van der Waals surface area contributed by atoms with Crippen molar-refractivity contribution >= 4 is 5.69 Å². The molecule has 0 aliphatic carbocycles. The fraction of sp³-hybridized carbons (Fsp3) is 0.429. The van der Waals surface area contributed by atoms with Crippen LogP contribution in [-0.2, 0) is 0 Å². The van der Waals surface area contributed by atoms with Crippen LogP contribution in [0, 0.1) is 0 Å². The Morgan fingerprint density at radius 3 is 2.56 bits per heavy atom. The summed E-state index contributed by atoms with van der Waals surface area (Å²) in [6.45, 7) is 7.16. The van der Waals surface area contributed by atoms with Crippen molar-refractivity contribution in [1.29, 1.82) is 0 Å². The summed E-state index contributed by atoms with van der Waals surface area (Å²) in [5.74, 6) is 0. The zero-order valence-corrected chi connectivity index (χ0v) is 9.73. The lowest BCUT2D eigenvalue weighted by Gasteiger charge is -2.32. The Morgan fingerprint density at radius 2 is 1.94 bits per heavy atom. The van der Waals surface area contributed by atoms with Crippen molar-refractivity contribution < 1.29 is 0 Å². The Balaban J connectivity index is 1.79. The summed E-state index contributed by atoms with van der Waals surface area (Å²) in [5.41, 5.74) is 1.24. The van der Waals surface area contributed by atoms with Gasteiger partial charge in [0.05, 0.1) is 0 Å². The first kappa shape index (κ1) is 11.2. The van der Waals surface area contributed by atoms with Gasteiger partial charge in [0.2, 0.25) is 0 Å². The number of para-hydroxylation sites is 1. The van der Waals surface area contributed by atoms with Gasteiger partial charge >= 0.3 is 0 Å². The zero-order valence-electron chi connectivity index (χ0n) is 9.73. The van der Waals surface area contributed by atoms with Crippen LogP contribution in [0.2, 0.25) is 0 Å². The molecule has 0 aromatic heterocycles. The first-order valence-electron chi connectivity index (χ1n) is 6.03. The fourth-order valence-electron chi connectivity index (χ4n) is 2.21. The first-order chi connectivity index (χ1) is 7.88. The fourth-order valence-corrected chi connectivity index (χ4v) is 2.21. The Hall–Kier alpha value is -1.28. The standard InChI is InChI=1S/C14H20N2/c1-2-10-16-11-8-14(9-12-16)15-13-6-4-3-5-7-13/h2-7,14-15H,1,8-12H2. The molecule has 1 aliphatic heterocycles.